The van der Waals surface area contributed by atoms with Gasteiger partial charge in [0.1, 0.15) is 18.1 Å². The molecule has 1 aromatic heterocycles. The molecule has 0 aliphatic carbocycles. The highest BCUT2D eigenvalue weighted by atomic mass is 32.2. The molecule has 2 rings (SSSR count). The van der Waals surface area contributed by atoms with Gasteiger partial charge in [0.2, 0.25) is 6.33 Å². The Balaban J connectivity index is 2.40. The molecule has 0 spiro atoms. The molecule has 5 nitrogen and oxygen atoms in total. The van der Waals surface area contributed by atoms with Gasteiger partial charge < -0.3 is 0 Å². The van der Waals surface area contributed by atoms with Gasteiger partial charge in [-0.2, -0.15) is 8.42 Å². The van der Waals surface area contributed by atoms with Crippen molar-refractivity contribution in [2.45, 2.75) is 4.90 Å². The van der Waals surface area contributed by atoms with Crippen molar-refractivity contribution in [3.63, 3.8) is 0 Å². The lowest BCUT2D eigenvalue weighted by atomic mass is 10.3. The molecule has 1 aromatic carbocycles. The fraction of sp³-hybridized carbons (Fsp3) is 0.100. The molecule has 0 aliphatic heterocycles. The van der Waals surface area contributed by atoms with Crippen LogP contribution in [0.4, 0.5) is 0 Å². The van der Waals surface area contributed by atoms with Gasteiger partial charge in [-0.05, 0) is 24.3 Å². The zero-order valence-electron chi connectivity index (χ0n) is 8.61. The van der Waals surface area contributed by atoms with E-state index in [9.17, 15) is 8.42 Å². The predicted molar refractivity (Wildman–Crippen MR) is 56.8 cm³/mol. The summed E-state index contributed by atoms with van der Waals surface area (Å²) < 4.78 is 34.2. The number of rotatable bonds is 2. The van der Waals surface area contributed by atoms with Gasteiger partial charge in [0.25, 0.3) is 10.1 Å². The van der Waals surface area contributed by atoms with E-state index in [1.807, 2.05) is 34.9 Å². The van der Waals surface area contributed by atoms with Gasteiger partial charge in [-0.1, -0.05) is 0 Å². The van der Waals surface area contributed by atoms with E-state index >= 15 is 0 Å². The van der Waals surface area contributed by atoms with Crippen molar-refractivity contribution in [1.29, 1.82) is 0 Å². The Hall–Kier alpha value is -1.66. The second-order valence-corrected chi connectivity index (χ2v) is 4.88. The Morgan fingerprint density at radius 2 is 1.88 bits per heavy atom. The summed E-state index contributed by atoms with van der Waals surface area (Å²) in [5.74, 6) is 0. The molecule has 0 saturated carbocycles. The van der Waals surface area contributed by atoms with E-state index < -0.39 is 10.1 Å². The van der Waals surface area contributed by atoms with Crippen LogP contribution in [0, 0.1) is 0 Å². The number of hydrogen-bond acceptors (Lipinski definition) is 2. The van der Waals surface area contributed by atoms with Crippen LogP contribution < -0.4 is 4.57 Å². The first kappa shape index (κ1) is 10.8. The number of aryl methyl sites for hydroxylation is 1. The van der Waals surface area contributed by atoms with E-state index in [-0.39, 0.29) is 4.90 Å². The van der Waals surface area contributed by atoms with Gasteiger partial charge in [-0.15, -0.1) is 0 Å². The van der Waals surface area contributed by atoms with Gasteiger partial charge in [-0.3, -0.25) is 4.55 Å². The molecule has 0 saturated heterocycles. The summed E-state index contributed by atoms with van der Waals surface area (Å²) >= 11 is 0. The first-order valence-electron chi connectivity index (χ1n) is 4.58. The standard InChI is InChI=1S/C10H10N2O3S/c1-11-6-7-12(8-11)9-2-4-10(5-3-9)16(13,14)15/h2-8H,1H3/p+1. The molecule has 0 amide bonds. The number of nitrogens with zero attached hydrogens (tertiary/aromatic N) is 2. The minimum absolute atomic E-state index is 0.104. The Morgan fingerprint density at radius 3 is 2.31 bits per heavy atom. The van der Waals surface area contributed by atoms with Crippen LogP contribution >= 0.6 is 0 Å². The minimum Gasteiger partial charge on any atom is -0.282 e. The third-order valence-corrected chi connectivity index (χ3v) is 3.07. The molecule has 0 atom stereocenters. The molecule has 1 heterocycles. The third kappa shape index (κ3) is 2.12. The van der Waals surface area contributed by atoms with E-state index in [1.165, 1.54) is 12.1 Å². The summed E-state index contributed by atoms with van der Waals surface area (Å²) in [7, 11) is -2.22. The van der Waals surface area contributed by atoms with Crippen LogP contribution in [-0.2, 0) is 17.2 Å². The highest BCUT2D eigenvalue weighted by Gasteiger charge is 2.10. The lowest BCUT2D eigenvalue weighted by Crippen LogP contribution is -2.23. The minimum atomic E-state index is -4.11. The molecule has 0 aliphatic rings. The van der Waals surface area contributed by atoms with Crippen LogP contribution in [0.1, 0.15) is 0 Å². The van der Waals surface area contributed by atoms with E-state index in [0.29, 0.717) is 0 Å². The molecule has 84 valence electrons. The smallest absolute Gasteiger partial charge is 0.282 e. The van der Waals surface area contributed by atoms with Crippen LogP contribution in [0.15, 0.2) is 47.9 Å². The Labute approximate surface area is 93.3 Å². The molecule has 2 aromatic rings. The highest BCUT2D eigenvalue weighted by molar-refractivity contribution is 7.85. The molecular formula is C10H11N2O3S+. The maximum atomic E-state index is 10.8. The third-order valence-electron chi connectivity index (χ3n) is 2.20. The SMILES string of the molecule is C[n+]1ccn(-c2ccc(S(=O)(=O)O)cc2)c1. The molecule has 0 unspecified atom stereocenters. The monoisotopic (exact) mass is 239 g/mol. The largest absolute Gasteiger partial charge is 0.294 e. The van der Waals surface area contributed by atoms with Crippen molar-refractivity contribution in [3.05, 3.63) is 43.0 Å². The molecule has 1 N–H and O–H groups in total. The second-order valence-electron chi connectivity index (χ2n) is 3.46. The zero-order chi connectivity index (χ0) is 11.8. The van der Waals surface area contributed by atoms with Crippen molar-refractivity contribution >= 4 is 10.1 Å². The Bertz CT molecular complexity index is 599. The highest BCUT2D eigenvalue weighted by Crippen LogP contribution is 2.12. The van der Waals surface area contributed by atoms with Crippen molar-refractivity contribution in [1.82, 2.24) is 4.57 Å². The molecule has 0 fully saturated rings. The second kappa shape index (κ2) is 3.73. The van der Waals surface area contributed by atoms with Gasteiger partial charge >= 0.3 is 0 Å². The van der Waals surface area contributed by atoms with E-state index in [2.05, 4.69) is 0 Å². The number of imidazole rings is 1. The molecule has 16 heavy (non-hydrogen) atoms. The Morgan fingerprint density at radius 1 is 1.25 bits per heavy atom. The summed E-state index contributed by atoms with van der Waals surface area (Å²) in [5, 5.41) is 0. The molecule has 0 radical (unpaired) electrons. The van der Waals surface area contributed by atoms with Crippen LogP contribution in [0.25, 0.3) is 5.69 Å². The van der Waals surface area contributed by atoms with Crippen molar-refractivity contribution in [2.75, 3.05) is 0 Å². The number of aromatic nitrogens is 2. The van der Waals surface area contributed by atoms with Crippen molar-refractivity contribution < 1.29 is 17.5 Å². The summed E-state index contributed by atoms with van der Waals surface area (Å²) in [4.78, 5) is -0.104. The van der Waals surface area contributed by atoms with Crippen LogP contribution in [0.2, 0.25) is 0 Å². The summed E-state index contributed by atoms with van der Waals surface area (Å²) in [6, 6.07) is 5.99. The van der Waals surface area contributed by atoms with Gasteiger partial charge in [0, 0.05) is 0 Å². The van der Waals surface area contributed by atoms with Gasteiger partial charge in [0.15, 0.2) is 0 Å². The van der Waals surface area contributed by atoms with E-state index in [0.717, 1.165) is 5.69 Å². The topological polar surface area (TPSA) is 63.2 Å². The van der Waals surface area contributed by atoms with Crippen LogP contribution in [-0.4, -0.2) is 17.5 Å². The molecule has 6 heteroatoms. The summed E-state index contributed by atoms with van der Waals surface area (Å²) in [6.45, 7) is 0. The molecular weight excluding hydrogens is 228 g/mol. The van der Waals surface area contributed by atoms with Crippen molar-refractivity contribution in [2.24, 2.45) is 7.05 Å². The number of hydrogen-bond donors (Lipinski definition) is 1. The zero-order valence-corrected chi connectivity index (χ0v) is 9.42. The van der Waals surface area contributed by atoms with Gasteiger partial charge in [0.05, 0.1) is 11.9 Å². The number of benzene rings is 1. The quantitative estimate of drug-likeness (QED) is 0.615. The van der Waals surface area contributed by atoms with E-state index in [4.69, 9.17) is 4.55 Å². The van der Waals surface area contributed by atoms with Crippen molar-refractivity contribution in [3.8, 4) is 5.69 Å². The van der Waals surface area contributed by atoms with Gasteiger partial charge in [-0.25, -0.2) is 9.13 Å². The maximum absolute atomic E-state index is 10.8. The predicted octanol–water partition coefficient (Wildman–Crippen LogP) is 0.548. The summed E-state index contributed by atoms with van der Waals surface area (Å²) in [5.41, 5.74) is 0.827. The normalized spacial score (nSPS) is 11.6. The fourth-order valence-corrected chi connectivity index (χ4v) is 1.87. The first-order valence-corrected chi connectivity index (χ1v) is 6.02. The van der Waals surface area contributed by atoms with Crippen LogP contribution in [0.3, 0.4) is 0 Å². The lowest BCUT2D eigenvalue weighted by molar-refractivity contribution is -0.670. The fourth-order valence-electron chi connectivity index (χ4n) is 1.39. The van der Waals surface area contributed by atoms with Crippen LogP contribution in [0.5, 0.6) is 0 Å². The average molecular weight is 239 g/mol. The summed E-state index contributed by atoms with van der Waals surface area (Å²) in [6.07, 6.45) is 5.57. The maximum Gasteiger partial charge on any atom is 0.294 e. The lowest BCUT2D eigenvalue weighted by Gasteiger charge is -1.98. The average Bonchev–Trinajstić information content (AvgIpc) is 2.64. The first-order chi connectivity index (χ1) is 7.47. The van der Waals surface area contributed by atoms with E-state index in [1.54, 1.807) is 12.1 Å². The Kier molecular flexibility index (Phi) is 2.53. The molecule has 0 bridgehead atoms.